The van der Waals surface area contributed by atoms with Crippen LogP contribution in [-0.2, 0) is 0 Å². The largest absolute Gasteiger partial charge is 0.310 e. The van der Waals surface area contributed by atoms with Crippen LogP contribution in [0.1, 0.15) is 51.6 Å². The molecule has 1 aromatic rings. The van der Waals surface area contributed by atoms with Crippen LogP contribution in [0, 0.1) is 9.49 Å². The fourth-order valence-electron chi connectivity index (χ4n) is 2.26. The molecule has 0 aliphatic rings. The Morgan fingerprint density at radius 3 is 2.41 bits per heavy atom. The SMILES string of the molecule is CCNC(CC(CC)CC)c1cccc(I)c1. The highest BCUT2D eigenvalue weighted by molar-refractivity contribution is 14.1. The molecule has 0 saturated carbocycles. The minimum atomic E-state index is 0.514. The van der Waals surface area contributed by atoms with Gasteiger partial charge < -0.3 is 5.32 Å². The third-order valence-electron chi connectivity index (χ3n) is 3.43. The highest BCUT2D eigenvalue weighted by Crippen LogP contribution is 2.26. The lowest BCUT2D eigenvalue weighted by molar-refractivity contribution is 0.375. The summed E-state index contributed by atoms with van der Waals surface area (Å²) in [5.41, 5.74) is 1.44. The van der Waals surface area contributed by atoms with E-state index in [2.05, 4.69) is 72.9 Å². The van der Waals surface area contributed by atoms with Gasteiger partial charge in [0.15, 0.2) is 0 Å². The Kier molecular flexibility index (Phi) is 7.12. The van der Waals surface area contributed by atoms with E-state index >= 15 is 0 Å². The second-order valence-electron chi connectivity index (χ2n) is 4.58. The van der Waals surface area contributed by atoms with E-state index in [4.69, 9.17) is 0 Å². The van der Waals surface area contributed by atoms with Crippen molar-refractivity contribution in [2.45, 2.75) is 46.1 Å². The topological polar surface area (TPSA) is 12.0 Å². The monoisotopic (exact) mass is 345 g/mol. The fourth-order valence-corrected chi connectivity index (χ4v) is 2.83. The smallest absolute Gasteiger partial charge is 0.0323 e. The van der Waals surface area contributed by atoms with Crippen molar-refractivity contribution in [2.75, 3.05) is 6.54 Å². The maximum atomic E-state index is 3.62. The third kappa shape index (κ3) is 4.96. The average Bonchev–Trinajstić information content (AvgIpc) is 2.34. The van der Waals surface area contributed by atoms with Crippen molar-refractivity contribution in [3.8, 4) is 0 Å². The Labute approximate surface area is 120 Å². The van der Waals surface area contributed by atoms with Gasteiger partial charge in [-0.1, -0.05) is 45.7 Å². The maximum Gasteiger partial charge on any atom is 0.0323 e. The minimum absolute atomic E-state index is 0.514. The number of halogens is 1. The highest BCUT2D eigenvalue weighted by atomic mass is 127. The fraction of sp³-hybridized carbons (Fsp3) is 0.600. The second-order valence-corrected chi connectivity index (χ2v) is 5.83. The molecular weight excluding hydrogens is 321 g/mol. The van der Waals surface area contributed by atoms with Gasteiger partial charge >= 0.3 is 0 Å². The number of nitrogens with one attached hydrogen (secondary N) is 1. The lowest BCUT2D eigenvalue weighted by Crippen LogP contribution is -2.23. The summed E-state index contributed by atoms with van der Waals surface area (Å²) in [5.74, 6) is 0.830. The lowest BCUT2D eigenvalue weighted by Gasteiger charge is -2.23. The second kappa shape index (κ2) is 8.09. The summed E-state index contributed by atoms with van der Waals surface area (Å²) in [5, 5.41) is 3.62. The standard InChI is InChI=1S/C15H24IN/c1-4-12(5-2)10-15(17-6-3)13-8-7-9-14(16)11-13/h7-9,11-12,15,17H,4-6,10H2,1-3H3. The molecule has 1 atom stereocenters. The van der Waals surface area contributed by atoms with Gasteiger partial charge in [0.1, 0.15) is 0 Å². The third-order valence-corrected chi connectivity index (χ3v) is 4.10. The van der Waals surface area contributed by atoms with E-state index in [1.165, 1.54) is 28.4 Å². The molecule has 2 heteroatoms. The summed E-state index contributed by atoms with van der Waals surface area (Å²) in [7, 11) is 0. The molecule has 0 aromatic heterocycles. The first-order valence-electron chi connectivity index (χ1n) is 6.70. The Balaban J connectivity index is 2.77. The van der Waals surface area contributed by atoms with Crippen molar-refractivity contribution in [1.82, 2.24) is 5.32 Å². The van der Waals surface area contributed by atoms with Crippen LogP contribution in [0.15, 0.2) is 24.3 Å². The van der Waals surface area contributed by atoms with Gasteiger partial charge in [-0.15, -0.1) is 0 Å². The quantitative estimate of drug-likeness (QED) is 0.702. The summed E-state index contributed by atoms with van der Waals surface area (Å²) in [6.45, 7) is 7.82. The van der Waals surface area contributed by atoms with E-state index in [0.717, 1.165) is 12.5 Å². The van der Waals surface area contributed by atoms with Crippen molar-refractivity contribution >= 4 is 22.6 Å². The Bertz CT molecular complexity index is 320. The first-order valence-corrected chi connectivity index (χ1v) is 7.77. The van der Waals surface area contributed by atoms with Crippen LogP contribution >= 0.6 is 22.6 Å². The normalized spacial score (nSPS) is 13.0. The summed E-state index contributed by atoms with van der Waals surface area (Å²) < 4.78 is 1.33. The Morgan fingerprint density at radius 2 is 1.88 bits per heavy atom. The van der Waals surface area contributed by atoms with Gasteiger partial charge in [-0.25, -0.2) is 0 Å². The minimum Gasteiger partial charge on any atom is -0.310 e. The lowest BCUT2D eigenvalue weighted by atomic mass is 9.91. The zero-order valence-electron chi connectivity index (χ0n) is 11.2. The van der Waals surface area contributed by atoms with Crippen molar-refractivity contribution in [3.05, 3.63) is 33.4 Å². The molecule has 0 aliphatic heterocycles. The summed E-state index contributed by atoms with van der Waals surface area (Å²) >= 11 is 2.39. The van der Waals surface area contributed by atoms with Gasteiger partial charge in [-0.3, -0.25) is 0 Å². The summed E-state index contributed by atoms with van der Waals surface area (Å²) in [6, 6.07) is 9.38. The molecule has 17 heavy (non-hydrogen) atoms. The van der Waals surface area contributed by atoms with E-state index < -0.39 is 0 Å². The number of hydrogen-bond acceptors (Lipinski definition) is 1. The first-order chi connectivity index (χ1) is 8.21. The van der Waals surface area contributed by atoms with E-state index in [0.29, 0.717) is 6.04 Å². The van der Waals surface area contributed by atoms with Gasteiger partial charge in [0.25, 0.3) is 0 Å². The van der Waals surface area contributed by atoms with Crippen LogP contribution in [0.5, 0.6) is 0 Å². The molecule has 96 valence electrons. The van der Waals surface area contributed by atoms with Crippen LogP contribution in [-0.4, -0.2) is 6.54 Å². The molecule has 1 nitrogen and oxygen atoms in total. The highest BCUT2D eigenvalue weighted by Gasteiger charge is 2.15. The summed E-state index contributed by atoms with van der Waals surface area (Å²) in [6.07, 6.45) is 3.81. The van der Waals surface area contributed by atoms with Crippen LogP contribution in [0.4, 0.5) is 0 Å². The number of benzene rings is 1. The molecule has 1 aromatic carbocycles. The number of rotatable bonds is 7. The molecule has 0 fully saturated rings. The number of hydrogen-bond donors (Lipinski definition) is 1. The summed E-state index contributed by atoms with van der Waals surface area (Å²) in [4.78, 5) is 0. The molecule has 1 N–H and O–H groups in total. The maximum absolute atomic E-state index is 3.62. The Morgan fingerprint density at radius 1 is 1.18 bits per heavy atom. The molecule has 0 saturated heterocycles. The van der Waals surface area contributed by atoms with Crippen molar-refractivity contribution in [2.24, 2.45) is 5.92 Å². The van der Waals surface area contributed by atoms with Gasteiger partial charge in [-0.2, -0.15) is 0 Å². The molecule has 0 bridgehead atoms. The van der Waals surface area contributed by atoms with Crippen molar-refractivity contribution < 1.29 is 0 Å². The molecule has 0 heterocycles. The van der Waals surface area contributed by atoms with Crippen LogP contribution in [0.25, 0.3) is 0 Å². The van der Waals surface area contributed by atoms with Crippen LogP contribution < -0.4 is 5.32 Å². The zero-order valence-corrected chi connectivity index (χ0v) is 13.3. The van der Waals surface area contributed by atoms with Crippen LogP contribution in [0.3, 0.4) is 0 Å². The molecule has 1 unspecified atom stereocenters. The van der Waals surface area contributed by atoms with Gasteiger partial charge in [0.05, 0.1) is 0 Å². The van der Waals surface area contributed by atoms with Gasteiger partial charge in [-0.05, 0) is 59.2 Å². The van der Waals surface area contributed by atoms with E-state index in [9.17, 15) is 0 Å². The predicted octanol–water partition coefficient (Wildman–Crippen LogP) is 4.77. The molecular formula is C15H24IN. The van der Waals surface area contributed by atoms with Crippen molar-refractivity contribution in [3.63, 3.8) is 0 Å². The molecule has 0 radical (unpaired) electrons. The molecule has 1 rings (SSSR count). The average molecular weight is 345 g/mol. The van der Waals surface area contributed by atoms with E-state index in [1.807, 2.05) is 0 Å². The first kappa shape index (κ1) is 15.0. The van der Waals surface area contributed by atoms with E-state index in [1.54, 1.807) is 0 Å². The van der Waals surface area contributed by atoms with Crippen LogP contribution in [0.2, 0.25) is 0 Å². The van der Waals surface area contributed by atoms with Gasteiger partial charge in [0, 0.05) is 9.61 Å². The van der Waals surface area contributed by atoms with Gasteiger partial charge in [0.2, 0.25) is 0 Å². The zero-order chi connectivity index (χ0) is 12.7. The Hall–Kier alpha value is -0.0900. The molecule has 0 amide bonds. The predicted molar refractivity (Wildman–Crippen MR) is 84.3 cm³/mol. The molecule has 0 spiro atoms. The van der Waals surface area contributed by atoms with E-state index in [-0.39, 0.29) is 0 Å². The van der Waals surface area contributed by atoms with Crippen molar-refractivity contribution in [1.29, 1.82) is 0 Å². The molecule has 0 aliphatic carbocycles.